The molecule has 18 heavy (non-hydrogen) atoms. The molecule has 1 atom stereocenters. The van der Waals surface area contributed by atoms with Crippen molar-refractivity contribution in [1.29, 1.82) is 0 Å². The van der Waals surface area contributed by atoms with Crippen molar-refractivity contribution in [2.24, 2.45) is 0 Å². The summed E-state index contributed by atoms with van der Waals surface area (Å²) in [6.07, 6.45) is 7.46. The van der Waals surface area contributed by atoms with E-state index in [0.717, 1.165) is 5.69 Å². The van der Waals surface area contributed by atoms with Crippen molar-refractivity contribution in [3.63, 3.8) is 0 Å². The van der Waals surface area contributed by atoms with Gasteiger partial charge in [-0.3, -0.25) is 4.98 Å². The van der Waals surface area contributed by atoms with Crippen LogP contribution in [0.5, 0.6) is 0 Å². The van der Waals surface area contributed by atoms with E-state index in [4.69, 9.17) is 0 Å². The van der Waals surface area contributed by atoms with E-state index in [-0.39, 0.29) is 0 Å². The maximum atomic E-state index is 4.24. The number of rotatable bonds is 2. The molecule has 1 aliphatic carbocycles. The highest BCUT2D eigenvalue weighted by atomic mass is 14.9. The fourth-order valence-electron chi connectivity index (χ4n) is 2.74. The van der Waals surface area contributed by atoms with Crippen molar-refractivity contribution in [1.82, 2.24) is 4.98 Å². The summed E-state index contributed by atoms with van der Waals surface area (Å²) >= 11 is 0. The highest BCUT2D eigenvalue weighted by Crippen LogP contribution is 2.32. The molecule has 1 N–H and O–H groups in total. The summed E-state index contributed by atoms with van der Waals surface area (Å²) in [4.78, 5) is 4.24. The number of aromatic nitrogens is 1. The number of nitrogens with zero attached hydrogens (tertiary/aromatic N) is 1. The first kappa shape index (κ1) is 11.3. The first-order chi connectivity index (χ1) is 8.83. The third-order valence-electron chi connectivity index (χ3n) is 3.59. The van der Waals surface area contributed by atoms with Crippen LogP contribution in [0.1, 0.15) is 35.6 Å². The van der Waals surface area contributed by atoms with Crippen molar-refractivity contribution >= 4 is 5.69 Å². The van der Waals surface area contributed by atoms with E-state index in [1.165, 1.54) is 36.0 Å². The van der Waals surface area contributed by atoms with Crippen LogP contribution in [0.3, 0.4) is 0 Å². The van der Waals surface area contributed by atoms with Crippen LogP contribution in [-0.2, 0) is 6.42 Å². The van der Waals surface area contributed by atoms with Gasteiger partial charge < -0.3 is 5.32 Å². The predicted octanol–water partition coefficient (Wildman–Crippen LogP) is 3.88. The number of anilines is 1. The van der Waals surface area contributed by atoms with E-state index >= 15 is 0 Å². The van der Waals surface area contributed by atoms with Gasteiger partial charge in [0.05, 0.1) is 11.7 Å². The average molecular weight is 238 g/mol. The van der Waals surface area contributed by atoms with E-state index in [2.05, 4.69) is 47.6 Å². The van der Waals surface area contributed by atoms with Crippen molar-refractivity contribution in [2.75, 3.05) is 5.32 Å². The van der Waals surface area contributed by atoms with E-state index in [1.54, 1.807) is 0 Å². The van der Waals surface area contributed by atoms with Crippen LogP contribution in [0.2, 0.25) is 0 Å². The number of benzene rings is 1. The number of hydrogen-bond acceptors (Lipinski definition) is 2. The predicted molar refractivity (Wildman–Crippen MR) is 74.7 cm³/mol. The van der Waals surface area contributed by atoms with Gasteiger partial charge in [0.15, 0.2) is 0 Å². The second-order valence-electron chi connectivity index (χ2n) is 5.04. The Kier molecular flexibility index (Phi) is 3.01. The molecule has 1 aliphatic rings. The minimum absolute atomic E-state index is 0.429. The molecule has 0 spiro atoms. The number of nitrogens with one attached hydrogen (secondary N) is 1. The summed E-state index contributed by atoms with van der Waals surface area (Å²) in [6, 6.07) is 11.3. The normalized spacial score (nSPS) is 18.2. The summed E-state index contributed by atoms with van der Waals surface area (Å²) in [7, 11) is 0. The Morgan fingerprint density at radius 3 is 3.00 bits per heavy atom. The van der Waals surface area contributed by atoms with Crippen molar-refractivity contribution in [3.05, 3.63) is 59.4 Å². The summed E-state index contributed by atoms with van der Waals surface area (Å²) in [5.74, 6) is 0. The summed E-state index contributed by atoms with van der Waals surface area (Å²) in [5, 5.41) is 3.62. The first-order valence-corrected chi connectivity index (χ1v) is 6.59. The molecule has 0 saturated carbocycles. The van der Waals surface area contributed by atoms with Crippen LogP contribution >= 0.6 is 0 Å². The SMILES string of the molecule is Cc1cncc(NC2CCCc3ccccc32)c1. The Balaban J connectivity index is 1.86. The van der Waals surface area contributed by atoms with Crippen molar-refractivity contribution in [3.8, 4) is 0 Å². The van der Waals surface area contributed by atoms with Crippen LogP contribution in [-0.4, -0.2) is 4.98 Å². The molecule has 92 valence electrons. The fourth-order valence-corrected chi connectivity index (χ4v) is 2.74. The number of aryl methyl sites for hydroxylation is 2. The highest BCUT2D eigenvalue weighted by molar-refractivity contribution is 5.47. The zero-order chi connectivity index (χ0) is 12.4. The molecule has 0 fully saturated rings. The lowest BCUT2D eigenvalue weighted by atomic mass is 9.87. The zero-order valence-corrected chi connectivity index (χ0v) is 10.7. The molecule has 0 bridgehead atoms. The molecule has 3 rings (SSSR count). The van der Waals surface area contributed by atoms with Gasteiger partial charge in [-0.1, -0.05) is 24.3 Å². The van der Waals surface area contributed by atoms with Gasteiger partial charge in [0.2, 0.25) is 0 Å². The van der Waals surface area contributed by atoms with Gasteiger partial charge in [-0.2, -0.15) is 0 Å². The first-order valence-electron chi connectivity index (χ1n) is 6.59. The van der Waals surface area contributed by atoms with E-state index < -0.39 is 0 Å². The second kappa shape index (κ2) is 4.81. The van der Waals surface area contributed by atoms with E-state index in [1.807, 2.05) is 12.4 Å². The molecular formula is C16H18N2. The quantitative estimate of drug-likeness (QED) is 0.858. The Morgan fingerprint density at radius 2 is 2.11 bits per heavy atom. The summed E-state index contributed by atoms with van der Waals surface area (Å²) in [5.41, 5.74) is 5.26. The maximum absolute atomic E-state index is 4.24. The maximum Gasteiger partial charge on any atom is 0.0534 e. The van der Waals surface area contributed by atoms with Gasteiger partial charge >= 0.3 is 0 Å². The molecule has 1 aromatic heterocycles. The van der Waals surface area contributed by atoms with Crippen LogP contribution in [0, 0.1) is 6.92 Å². The van der Waals surface area contributed by atoms with Crippen LogP contribution < -0.4 is 5.32 Å². The van der Waals surface area contributed by atoms with Crippen LogP contribution in [0.4, 0.5) is 5.69 Å². The largest absolute Gasteiger partial charge is 0.377 e. The molecule has 2 heteroatoms. The molecule has 1 aromatic carbocycles. The smallest absolute Gasteiger partial charge is 0.0534 e. The van der Waals surface area contributed by atoms with Gasteiger partial charge in [-0.25, -0.2) is 0 Å². The van der Waals surface area contributed by atoms with Gasteiger partial charge in [-0.05, 0) is 48.9 Å². The molecule has 2 aromatic rings. The number of fused-ring (bicyclic) bond motifs is 1. The molecule has 0 aliphatic heterocycles. The van der Waals surface area contributed by atoms with E-state index in [0.29, 0.717) is 6.04 Å². The lowest BCUT2D eigenvalue weighted by molar-refractivity contribution is 0.600. The molecule has 0 radical (unpaired) electrons. The topological polar surface area (TPSA) is 24.9 Å². The minimum Gasteiger partial charge on any atom is -0.377 e. The number of hydrogen-bond donors (Lipinski definition) is 1. The Labute approximate surface area is 108 Å². The van der Waals surface area contributed by atoms with Gasteiger partial charge in [0.1, 0.15) is 0 Å². The van der Waals surface area contributed by atoms with Crippen LogP contribution in [0.15, 0.2) is 42.7 Å². The Bertz CT molecular complexity index is 548. The Morgan fingerprint density at radius 1 is 1.22 bits per heavy atom. The zero-order valence-electron chi connectivity index (χ0n) is 10.7. The number of pyridine rings is 1. The van der Waals surface area contributed by atoms with Crippen molar-refractivity contribution in [2.45, 2.75) is 32.2 Å². The fraction of sp³-hybridized carbons (Fsp3) is 0.312. The summed E-state index contributed by atoms with van der Waals surface area (Å²) in [6.45, 7) is 2.08. The standard InChI is InChI=1S/C16H18N2/c1-12-9-14(11-17-10-12)18-16-8-4-6-13-5-2-3-7-15(13)16/h2-3,5,7,9-11,16,18H,4,6,8H2,1H3. The molecule has 2 nitrogen and oxygen atoms in total. The minimum atomic E-state index is 0.429. The molecule has 1 heterocycles. The van der Waals surface area contributed by atoms with Crippen LogP contribution in [0.25, 0.3) is 0 Å². The van der Waals surface area contributed by atoms with Gasteiger partial charge in [-0.15, -0.1) is 0 Å². The van der Waals surface area contributed by atoms with Gasteiger partial charge in [0, 0.05) is 12.4 Å². The molecule has 0 amide bonds. The molecular weight excluding hydrogens is 220 g/mol. The second-order valence-corrected chi connectivity index (χ2v) is 5.04. The van der Waals surface area contributed by atoms with Crippen molar-refractivity contribution < 1.29 is 0 Å². The summed E-state index contributed by atoms with van der Waals surface area (Å²) < 4.78 is 0. The lowest BCUT2D eigenvalue weighted by Gasteiger charge is -2.27. The Hall–Kier alpha value is -1.83. The lowest BCUT2D eigenvalue weighted by Crippen LogP contribution is -2.17. The van der Waals surface area contributed by atoms with Gasteiger partial charge in [0.25, 0.3) is 0 Å². The average Bonchev–Trinajstić information content (AvgIpc) is 2.39. The molecule has 0 saturated heterocycles. The third-order valence-corrected chi connectivity index (χ3v) is 3.59. The highest BCUT2D eigenvalue weighted by Gasteiger charge is 2.19. The third kappa shape index (κ3) is 2.23. The molecule has 1 unspecified atom stereocenters. The van der Waals surface area contributed by atoms with E-state index in [9.17, 15) is 0 Å². The monoisotopic (exact) mass is 238 g/mol.